The first-order chi connectivity index (χ1) is 17.1. The first-order valence-corrected chi connectivity index (χ1v) is 11.3. The van der Waals surface area contributed by atoms with Gasteiger partial charge in [-0.2, -0.15) is 0 Å². The van der Waals surface area contributed by atoms with Crippen LogP contribution in [0.1, 0.15) is 27.3 Å². The Balaban J connectivity index is 1.42. The molecule has 0 saturated carbocycles. The average Bonchev–Trinajstić information content (AvgIpc) is 3.40. The van der Waals surface area contributed by atoms with Crippen LogP contribution < -0.4 is 11.2 Å². The molecule has 11 heteroatoms. The average molecular weight is 496 g/mol. The van der Waals surface area contributed by atoms with Crippen molar-refractivity contribution in [3.63, 3.8) is 0 Å². The SMILES string of the molecule is Cc1cc(C(=O)COC(=O)Cn2cnc3c2c(=O)n(C)c(=O)n3C)c(C)n1CCc1ccc(F)cc1. The number of carbonyl (C=O) groups excluding carboxylic acids is 2. The van der Waals surface area contributed by atoms with Gasteiger partial charge >= 0.3 is 11.7 Å². The minimum absolute atomic E-state index is 0.0903. The summed E-state index contributed by atoms with van der Waals surface area (Å²) in [6, 6.07) is 8.05. The Morgan fingerprint density at radius 3 is 2.44 bits per heavy atom. The molecule has 188 valence electrons. The third-order valence-electron chi connectivity index (χ3n) is 6.29. The van der Waals surface area contributed by atoms with Crippen molar-refractivity contribution in [2.45, 2.75) is 33.4 Å². The van der Waals surface area contributed by atoms with Gasteiger partial charge in [0.15, 0.2) is 17.8 Å². The highest BCUT2D eigenvalue weighted by molar-refractivity contribution is 5.99. The number of hydrogen-bond donors (Lipinski definition) is 0. The minimum Gasteiger partial charge on any atom is -0.456 e. The van der Waals surface area contributed by atoms with Gasteiger partial charge < -0.3 is 13.9 Å². The van der Waals surface area contributed by atoms with Crippen molar-refractivity contribution in [2.24, 2.45) is 14.1 Å². The predicted octanol–water partition coefficient (Wildman–Crippen LogP) is 1.66. The molecule has 10 nitrogen and oxygen atoms in total. The third kappa shape index (κ3) is 4.64. The van der Waals surface area contributed by atoms with Crippen molar-refractivity contribution in [2.75, 3.05) is 6.61 Å². The van der Waals surface area contributed by atoms with E-state index in [0.29, 0.717) is 18.5 Å². The predicted molar refractivity (Wildman–Crippen MR) is 130 cm³/mol. The van der Waals surface area contributed by atoms with Crippen molar-refractivity contribution in [3.05, 3.63) is 85.8 Å². The van der Waals surface area contributed by atoms with Crippen molar-refractivity contribution in [1.29, 1.82) is 0 Å². The molecule has 0 amide bonds. The van der Waals surface area contributed by atoms with Gasteiger partial charge in [0.05, 0.1) is 6.33 Å². The monoisotopic (exact) mass is 495 g/mol. The van der Waals surface area contributed by atoms with E-state index in [1.165, 1.54) is 41.7 Å². The Kier molecular flexibility index (Phi) is 6.73. The number of hydrogen-bond acceptors (Lipinski definition) is 6. The molecule has 0 fully saturated rings. The van der Waals surface area contributed by atoms with E-state index in [2.05, 4.69) is 4.98 Å². The summed E-state index contributed by atoms with van der Waals surface area (Å²) in [5.41, 5.74) is 2.21. The van der Waals surface area contributed by atoms with Crippen molar-refractivity contribution in [3.8, 4) is 0 Å². The highest BCUT2D eigenvalue weighted by Gasteiger charge is 2.19. The Morgan fingerprint density at radius 1 is 1.06 bits per heavy atom. The van der Waals surface area contributed by atoms with Gasteiger partial charge in [-0.1, -0.05) is 12.1 Å². The number of imidazole rings is 1. The van der Waals surface area contributed by atoms with Gasteiger partial charge in [0, 0.05) is 37.6 Å². The molecule has 0 radical (unpaired) electrons. The van der Waals surface area contributed by atoms with Crippen LogP contribution >= 0.6 is 0 Å². The van der Waals surface area contributed by atoms with Gasteiger partial charge in [-0.3, -0.25) is 23.5 Å². The first kappa shape index (κ1) is 24.8. The number of rotatable bonds is 8. The molecule has 0 aliphatic carbocycles. The lowest BCUT2D eigenvalue weighted by Gasteiger charge is -2.10. The van der Waals surface area contributed by atoms with Crippen molar-refractivity contribution >= 4 is 22.9 Å². The number of aryl methyl sites for hydroxylation is 3. The van der Waals surface area contributed by atoms with E-state index >= 15 is 0 Å². The maximum atomic E-state index is 13.1. The lowest BCUT2D eigenvalue weighted by atomic mass is 10.1. The zero-order valence-corrected chi connectivity index (χ0v) is 20.4. The Hall–Kier alpha value is -4.28. The zero-order chi connectivity index (χ0) is 26.1. The van der Waals surface area contributed by atoms with Gasteiger partial charge in [0.25, 0.3) is 5.56 Å². The van der Waals surface area contributed by atoms with Gasteiger partial charge in [-0.15, -0.1) is 0 Å². The molecule has 0 bridgehead atoms. The number of fused-ring (bicyclic) bond motifs is 1. The first-order valence-electron chi connectivity index (χ1n) is 11.3. The van der Waals surface area contributed by atoms with E-state index in [0.717, 1.165) is 21.5 Å². The summed E-state index contributed by atoms with van der Waals surface area (Å²) in [5, 5.41) is 0. The number of esters is 1. The van der Waals surface area contributed by atoms with E-state index in [1.807, 2.05) is 18.4 Å². The maximum Gasteiger partial charge on any atom is 0.332 e. The molecule has 0 N–H and O–H groups in total. The van der Waals surface area contributed by atoms with Crippen LogP contribution in [-0.2, 0) is 43.1 Å². The topological polar surface area (TPSA) is 110 Å². The van der Waals surface area contributed by atoms with Gasteiger partial charge in [0.2, 0.25) is 5.78 Å². The van der Waals surface area contributed by atoms with E-state index in [1.54, 1.807) is 18.2 Å². The molecule has 3 aromatic heterocycles. The summed E-state index contributed by atoms with van der Waals surface area (Å²) in [4.78, 5) is 53.9. The van der Waals surface area contributed by atoms with Gasteiger partial charge in [-0.05, 0) is 44.0 Å². The number of Topliss-reactive ketones (excluding diaryl/α,β-unsaturated/α-hetero) is 1. The lowest BCUT2D eigenvalue weighted by Crippen LogP contribution is -2.37. The summed E-state index contributed by atoms with van der Waals surface area (Å²) >= 11 is 0. The number of benzene rings is 1. The smallest absolute Gasteiger partial charge is 0.332 e. The Bertz CT molecular complexity index is 1590. The molecule has 3 heterocycles. The zero-order valence-electron chi connectivity index (χ0n) is 20.4. The Morgan fingerprint density at radius 2 is 1.75 bits per heavy atom. The summed E-state index contributed by atoms with van der Waals surface area (Å²) in [6.45, 7) is 3.53. The second-order valence-corrected chi connectivity index (χ2v) is 8.65. The minimum atomic E-state index is -0.719. The third-order valence-corrected chi connectivity index (χ3v) is 6.29. The molecular formula is C25H26FN5O5. The van der Waals surface area contributed by atoms with Crippen LogP contribution in [0.4, 0.5) is 4.39 Å². The highest BCUT2D eigenvalue weighted by atomic mass is 19.1. The molecule has 0 aliphatic heterocycles. The summed E-state index contributed by atoms with van der Waals surface area (Å²) in [7, 11) is 2.82. The number of ketones is 1. The van der Waals surface area contributed by atoms with Gasteiger partial charge in [-0.25, -0.2) is 14.2 Å². The molecule has 4 aromatic rings. The van der Waals surface area contributed by atoms with Crippen LogP contribution in [0.25, 0.3) is 11.2 Å². The fraction of sp³-hybridized carbons (Fsp3) is 0.320. The van der Waals surface area contributed by atoms with Gasteiger partial charge in [0.1, 0.15) is 12.4 Å². The number of aromatic nitrogens is 5. The number of ether oxygens (including phenoxy) is 1. The van der Waals surface area contributed by atoms with Crippen LogP contribution in [0.15, 0.2) is 46.2 Å². The lowest BCUT2D eigenvalue weighted by molar-refractivity contribution is -0.143. The second kappa shape index (κ2) is 9.76. The van der Waals surface area contributed by atoms with Crippen LogP contribution in [0.5, 0.6) is 0 Å². The molecule has 0 spiro atoms. The fourth-order valence-corrected chi connectivity index (χ4v) is 4.24. The normalized spacial score (nSPS) is 11.2. The maximum absolute atomic E-state index is 13.1. The van der Waals surface area contributed by atoms with Crippen LogP contribution in [0, 0.1) is 19.7 Å². The molecular weight excluding hydrogens is 469 g/mol. The fourth-order valence-electron chi connectivity index (χ4n) is 4.24. The molecule has 1 aromatic carbocycles. The van der Waals surface area contributed by atoms with E-state index in [9.17, 15) is 23.6 Å². The molecule has 0 saturated heterocycles. The van der Waals surface area contributed by atoms with E-state index < -0.39 is 23.8 Å². The molecule has 36 heavy (non-hydrogen) atoms. The Labute approximate surface area is 205 Å². The highest BCUT2D eigenvalue weighted by Crippen LogP contribution is 2.17. The summed E-state index contributed by atoms with van der Waals surface area (Å²) < 4.78 is 23.8. The number of halogens is 1. The van der Waals surface area contributed by atoms with Crippen molar-refractivity contribution < 1.29 is 18.7 Å². The number of carbonyl (C=O) groups is 2. The van der Waals surface area contributed by atoms with Crippen LogP contribution in [0.3, 0.4) is 0 Å². The summed E-state index contributed by atoms with van der Waals surface area (Å²) in [6.07, 6.45) is 1.95. The molecule has 4 rings (SSSR count). The van der Waals surface area contributed by atoms with E-state index in [4.69, 9.17) is 4.74 Å². The molecule has 0 aliphatic rings. The second-order valence-electron chi connectivity index (χ2n) is 8.65. The number of nitrogens with zero attached hydrogens (tertiary/aromatic N) is 5. The molecule has 0 atom stereocenters. The van der Waals surface area contributed by atoms with Crippen LogP contribution in [0.2, 0.25) is 0 Å². The van der Waals surface area contributed by atoms with Crippen molar-refractivity contribution in [1.82, 2.24) is 23.3 Å². The largest absolute Gasteiger partial charge is 0.456 e. The quantitative estimate of drug-likeness (QED) is 0.272. The standard InChI is InChI=1S/C25H26FN5O5/c1-15-11-19(16(2)31(15)10-9-17-5-7-18(26)8-6-17)20(32)13-36-21(33)12-30-14-27-23-22(30)24(34)29(4)25(35)28(23)3/h5-8,11,14H,9-10,12-13H2,1-4H3. The van der Waals surface area contributed by atoms with E-state index in [-0.39, 0.29) is 29.3 Å². The molecule has 0 unspecified atom stereocenters. The van der Waals surface area contributed by atoms with Crippen LogP contribution in [-0.4, -0.2) is 41.6 Å². The summed E-state index contributed by atoms with van der Waals surface area (Å²) in [5.74, 6) is -1.36.